The molecule has 3 N–H and O–H groups in total. The second kappa shape index (κ2) is 7.85. The van der Waals surface area contributed by atoms with E-state index in [2.05, 4.69) is 5.32 Å². The average molecular weight is 366 g/mol. The Bertz CT molecular complexity index is 809. The number of hydrogen-bond acceptors (Lipinski definition) is 4. The van der Waals surface area contributed by atoms with Crippen molar-refractivity contribution in [1.29, 1.82) is 0 Å². The molecule has 1 amide bonds. The van der Waals surface area contributed by atoms with Crippen molar-refractivity contribution in [2.75, 3.05) is 11.1 Å². The highest BCUT2D eigenvalue weighted by Crippen LogP contribution is 2.24. The number of carbonyl (C=O) groups is 3. The maximum absolute atomic E-state index is 12.0. The lowest BCUT2D eigenvalue weighted by atomic mass is 10.2. The van der Waals surface area contributed by atoms with Crippen LogP contribution in [-0.4, -0.2) is 33.8 Å². The van der Waals surface area contributed by atoms with Crippen LogP contribution in [0.5, 0.6) is 0 Å². The first-order chi connectivity index (χ1) is 11.4. The summed E-state index contributed by atoms with van der Waals surface area (Å²) >= 11 is 6.87. The number of nitrogens with one attached hydrogen (secondary N) is 1. The molecule has 124 valence electrons. The zero-order chi connectivity index (χ0) is 17.7. The van der Waals surface area contributed by atoms with Gasteiger partial charge in [-0.3, -0.25) is 4.79 Å². The van der Waals surface area contributed by atoms with Crippen molar-refractivity contribution in [2.45, 2.75) is 4.90 Å². The predicted octanol–water partition coefficient (Wildman–Crippen LogP) is 3.47. The second-order valence-corrected chi connectivity index (χ2v) is 6.09. The highest BCUT2D eigenvalue weighted by molar-refractivity contribution is 8.00. The number of thioether (sulfide) groups is 1. The average Bonchev–Trinajstić information content (AvgIpc) is 2.53. The summed E-state index contributed by atoms with van der Waals surface area (Å²) in [7, 11) is 0. The lowest BCUT2D eigenvalue weighted by Crippen LogP contribution is -2.16. The molecule has 2 rings (SSSR count). The maximum Gasteiger partial charge on any atom is 0.337 e. The van der Waals surface area contributed by atoms with Crippen molar-refractivity contribution in [3.63, 3.8) is 0 Å². The number of aromatic carboxylic acids is 2. The molecule has 2 aromatic carbocycles. The monoisotopic (exact) mass is 365 g/mol. The van der Waals surface area contributed by atoms with Crippen LogP contribution in [0.15, 0.2) is 47.4 Å². The molecule has 2 aromatic rings. The Morgan fingerprint density at radius 3 is 2.33 bits per heavy atom. The van der Waals surface area contributed by atoms with Gasteiger partial charge in [-0.2, -0.15) is 0 Å². The van der Waals surface area contributed by atoms with Gasteiger partial charge < -0.3 is 15.5 Å². The van der Waals surface area contributed by atoms with Gasteiger partial charge in [-0.05, 0) is 30.3 Å². The van der Waals surface area contributed by atoms with Gasteiger partial charge in [0, 0.05) is 9.92 Å². The van der Waals surface area contributed by atoms with Gasteiger partial charge in [-0.1, -0.05) is 23.7 Å². The van der Waals surface area contributed by atoms with Crippen molar-refractivity contribution in [1.82, 2.24) is 0 Å². The molecule has 0 unspecified atom stereocenters. The lowest BCUT2D eigenvalue weighted by Gasteiger charge is -2.09. The number of carboxylic acids is 2. The summed E-state index contributed by atoms with van der Waals surface area (Å²) in [5.41, 5.74) is 0.111. The van der Waals surface area contributed by atoms with Gasteiger partial charge in [0.2, 0.25) is 5.91 Å². The summed E-state index contributed by atoms with van der Waals surface area (Å²) in [6.07, 6.45) is 0. The summed E-state index contributed by atoms with van der Waals surface area (Å²) in [4.78, 5) is 34.8. The van der Waals surface area contributed by atoms with Crippen LogP contribution >= 0.6 is 23.4 Å². The Labute approximate surface area is 146 Å². The first-order valence-corrected chi connectivity index (χ1v) is 8.02. The Balaban J connectivity index is 2.09. The summed E-state index contributed by atoms with van der Waals surface area (Å²) in [6.45, 7) is 0. The van der Waals surface area contributed by atoms with Gasteiger partial charge in [-0.25, -0.2) is 9.59 Å². The van der Waals surface area contributed by atoms with Crippen molar-refractivity contribution in [2.24, 2.45) is 0 Å². The molecule has 0 aliphatic rings. The molecule has 0 aromatic heterocycles. The molecule has 0 aliphatic carbocycles. The SMILES string of the molecule is O=C(CSc1ccccc1C(=O)O)Nc1cc(Cl)ccc1C(=O)O. The topological polar surface area (TPSA) is 104 Å². The molecule has 0 atom stereocenters. The fraction of sp³-hybridized carbons (Fsp3) is 0.0625. The summed E-state index contributed by atoms with van der Waals surface area (Å²) < 4.78 is 0. The van der Waals surface area contributed by atoms with E-state index in [9.17, 15) is 14.4 Å². The first kappa shape index (κ1) is 17.8. The summed E-state index contributed by atoms with van der Waals surface area (Å²) in [6, 6.07) is 10.4. The number of halogens is 1. The third-order valence-electron chi connectivity index (χ3n) is 2.96. The number of amides is 1. The molecule has 24 heavy (non-hydrogen) atoms. The van der Waals surface area contributed by atoms with Crippen LogP contribution in [-0.2, 0) is 4.79 Å². The minimum atomic E-state index is -1.19. The molecule has 0 saturated heterocycles. The van der Waals surface area contributed by atoms with Crippen LogP contribution in [0.25, 0.3) is 0 Å². The van der Waals surface area contributed by atoms with Crippen molar-refractivity contribution < 1.29 is 24.6 Å². The number of benzene rings is 2. The van der Waals surface area contributed by atoms with Crippen LogP contribution in [0.2, 0.25) is 5.02 Å². The molecule has 0 saturated carbocycles. The van der Waals surface area contributed by atoms with E-state index in [0.29, 0.717) is 9.92 Å². The number of rotatable bonds is 6. The number of hydrogen-bond donors (Lipinski definition) is 3. The van der Waals surface area contributed by atoms with Gasteiger partial charge in [0.05, 0.1) is 22.6 Å². The van der Waals surface area contributed by atoms with E-state index in [1.165, 1.54) is 24.3 Å². The summed E-state index contributed by atoms with van der Waals surface area (Å²) in [5.74, 6) is -2.81. The van der Waals surface area contributed by atoms with E-state index in [1.54, 1.807) is 18.2 Å². The molecule has 6 nitrogen and oxygen atoms in total. The molecule has 0 aliphatic heterocycles. The molecule has 0 radical (unpaired) electrons. The Morgan fingerprint density at radius 2 is 1.67 bits per heavy atom. The quantitative estimate of drug-likeness (QED) is 0.677. The van der Waals surface area contributed by atoms with Crippen molar-refractivity contribution in [3.8, 4) is 0 Å². The third kappa shape index (κ3) is 4.50. The normalized spacial score (nSPS) is 10.2. The summed E-state index contributed by atoms with van der Waals surface area (Å²) in [5, 5.41) is 21.0. The Kier molecular flexibility index (Phi) is 5.83. The zero-order valence-electron chi connectivity index (χ0n) is 12.2. The highest BCUT2D eigenvalue weighted by Gasteiger charge is 2.15. The fourth-order valence-corrected chi connectivity index (χ4v) is 2.92. The third-order valence-corrected chi connectivity index (χ3v) is 4.27. The van der Waals surface area contributed by atoms with Gasteiger partial charge in [0.1, 0.15) is 0 Å². The molecular formula is C16H12ClNO5S. The van der Waals surface area contributed by atoms with Crippen LogP contribution in [0, 0.1) is 0 Å². The van der Waals surface area contributed by atoms with Crippen molar-refractivity contribution in [3.05, 3.63) is 58.6 Å². The number of anilines is 1. The van der Waals surface area contributed by atoms with Crippen LogP contribution in [0.3, 0.4) is 0 Å². The van der Waals surface area contributed by atoms with Gasteiger partial charge in [0.15, 0.2) is 0 Å². The number of carbonyl (C=O) groups excluding carboxylic acids is 1. The van der Waals surface area contributed by atoms with Crippen molar-refractivity contribution >= 4 is 46.9 Å². The zero-order valence-corrected chi connectivity index (χ0v) is 13.7. The highest BCUT2D eigenvalue weighted by atomic mass is 35.5. The van der Waals surface area contributed by atoms with Crippen LogP contribution in [0.1, 0.15) is 20.7 Å². The van der Waals surface area contributed by atoms with E-state index in [4.69, 9.17) is 21.8 Å². The van der Waals surface area contributed by atoms with Crippen LogP contribution in [0.4, 0.5) is 5.69 Å². The van der Waals surface area contributed by atoms with E-state index in [-0.39, 0.29) is 22.6 Å². The van der Waals surface area contributed by atoms with E-state index in [0.717, 1.165) is 11.8 Å². The molecule has 0 fully saturated rings. The minimum Gasteiger partial charge on any atom is -0.478 e. The fourth-order valence-electron chi connectivity index (χ4n) is 1.91. The van der Waals surface area contributed by atoms with Gasteiger partial charge >= 0.3 is 11.9 Å². The Morgan fingerprint density at radius 1 is 1.00 bits per heavy atom. The van der Waals surface area contributed by atoms with E-state index >= 15 is 0 Å². The van der Waals surface area contributed by atoms with Gasteiger partial charge in [0.25, 0.3) is 0 Å². The molecule has 0 bridgehead atoms. The molecule has 0 spiro atoms. The molecule has 0 heterocycles. The minimum absolute atomic E-state index is 0.0735. The smallest absolute Gasteiger partial charge is 0.337 e. The van der Waals surface area contributed by atoms with Crippen LogP contribution < -0.4 is 5.32 Å². The number of carboxylic acid groups (broad SMARTS) is 2. The van der Waals surface area contributed by atoms with E-state index < -0.39 is 17.8 Å². The standard InChI is InChI=1S/C16H12ClNO5S/c17-9-5-6-10(15(20)21)12(7-9)18-14(19)8-24-13-4-2-1-3-11(13)16(22)23/h1-7H,8H2,(H,18,19)(H,20,21)(H,22,23). The second-order valence-electron chi connectivity index (χ2n) is 4.63. The first-order valence-electron chi connectivity index (χ1n) is 6.66. The largest absolute Gasteiger partial charge is 0.478 e. The van der Waals surface area contributed by atoms with Gasteiger partial charge in [-0.15, -0.1) is 11.8 Å². The molecule has 8 heteroatoms. The lowest BCUT2D eigenvalue weighted by molar-refractivity contribution is -0.113. The predicted molar refractivity (Wildman–Crippen MR) is 91.2 cm³/mol. The Hall–Kier alpha value is -2.51. The van der Waals surface area contributed by atoms with E-state index in [1.807, 2.05) is 0 Å². The maximum atomic E-state index is 12.0. The molecular weight excluding hydrogens is 354 g/mol.